The van der Waals surface area contributed by atoms with Crippen molar-refractivity contribution >= 4 is 19.7 Å². The van der Waals surface area contributed by atoms with E-state index < -0.39 is 26.6 Å². The maximum Gasteiger partial charge on any atom is 0.306 e. The topological polar surface area (TPSA) is 114 Å². The molecule has 0 saturated heterocycles. The van der Waals surface area contributed by atoms with Crippen molar-refractivity contribution in [3.05, 3.63) is 48.6 Å². The van der Waals surface area contributed by atoms with Gasteiger partial charge in [-0.05, 0) is 70.3 Å². The van der Waals surface area contributed by atoms with Crippen molar-refractivity contribution in [2.75, 3.05) is 40.9 Å². The molecule has 1 amide bonds. The van der Waals surface area contributed by atoms with Crippen molar-refractivity contribution in [3.8, 4) is 0 Å². The van der Waals surface area contributed by atoms with Crippen LogP contribution in [0, 0.1) is 0 Å². The van der Waals surface area contributed by atoms with Crippen molar-refractivity contribution in [1.82, 2.24) is 5.32 Å². The fourth-order valence-electron chi connectivity index (χ4n) is 9.47. The molecular formula is C66H125N2O7P. The summed E-state index contributed by atoms with van der Waals surface area (Å²) in [7, 11) is 1.18. The van der Waals surface area contributed by atoms with Crippen LogP contribution in [0.3, 0.4) is 0 Å². The maximum atomic E-state index is 13.6. The molecule has 9 nitrogen and oxygen atoms in total. The number of nitrogens with zero attached hydrogens (tertiary/aromatic N) is 1. The van der Waals surface area contributed by atoms with Crippen molar-refractivity contribution < 1.29 is 37.3 Å². The number of esters is 1. The van der Waals surface area contributed by atoms with Crippen molar-refractivity contribution in [1.29, 1.82) is 0 Å². The molecule has 0 saturated carbocycles. The molecule has 3 atom stereocenters. The Balaban J connectivity index is 5.20. The molecule has 3 unspecified atom stereocenters. The van der Waals surface area contributed by atoms with E-state index in [2.05, 4.69) is 62.5 Å². The van der Waals surface area contributed by atoms with Gasteiger partial charge in [0.15, 0.2) is 0 Å². The number of likely N-dealkylation sites (N-methyl/N-ethyl adjacent to an activating group) is 1. The largest absolute Gasteiger partial charge is 0.756 e. The van der Waals surface area contributed by atoms with Crippen molar-refractivity contribution in [2.24, 2.45) is 0 Å². The number of nitrogens with one attached hydrogen (secondary N) is 1. The Labute approximate surface area is 471 Å². The van der Waals surface area contributed by atoms with Gasteiger partial charge in [0, 0.05) is 12.8 Å². The first-order chi connectivity index (χ1) is 36.9. The number of carbonyl (C=O) groups excluding carboxylic acids is 2. The molecule has 0 rings (SSSR count). The number of ether oxygens (including phenoxy) is 1. The van der Waals surface area contributed by atoms with Gasteiger partial charge in [0.25, 0.3) is 7.82 Å². The first-order valence-corrected chi connectivity index (χ1v) is 33.9. The van der Waals surface area contributed by atoms with Crippen LogP contribution in [-0.2, 0) is 27.9 Å². The standard InChI is InChI=1S/C66H125N2O7P/c1-7-10-13-16-19-22-25-28-30-32-33-34-35-37-38-40-43-46-49-52-55-58-65(69)67-63(62-74-76(71,72)73-61-60-68(4,5)6)64(57-54-51-48-45-42-27-24-21-18-15-12-9-3)75-66(70)59-56-53-50-47-44-41-39-36-31-29-26-23-20-17-14-11-8-2/h20,23,29,31,39,41,54,57,63-64H,7-19,21-22,24-28,30,32-38,40,42-53,55-56,58-62H2,1-6H3,(H-,67,69,71,72)/b23-20-,31-29-,41-39-,57-54+. The van der Waals surface area contributed by atoms with Gasteiger partial charge in [-0.3, -0.25) is 14.2 Å². The SMILES string of the molecule is CCCCC/C=C\C/C=C\C/C=C\CCCCCCC(=O)OC(/C=C/CCCCCCCCCCCC)C(COP(=O)([O-])OCC[N+](C)(C)C)NC(=O)CCCCCCCCCCCCCCCCCCCCCCC. The molecule has 446 valence electrons. The smallest absolute Gasteiger partial charge is 0.306 e. The van der Waals surface area contributed by atoms with Crippen LogP contribution in [-0.4, -0.2) is 69.4 Å². The Morgan fingerprint density at radius 1 is 0.461 bits per heavy atom. The fraction of sp³-hybridized carbons (Fsp3) is 0.848. The lowest BCUT2D eigenvalue weighted by Gasteiger charge is -2.30. The van der Waals surface area contributed by atoms with Crippen LogP contribution in [0.2, 0.25) is 0 Å². The summed E-state index contributed by atoms with van der Waals surface area (Å²) in [5.74, 6) is -0.554. The average molecular weight is 1090 g/mol. The van der Waals surface area contributed by atoms with Gasteiger partial charge >= 0.3 is 5.97 Å². The van der Waals surface area contributed by atoms with Crippen LogP contribution in [0.5, 0.6) is 0 Å². The first kappa shape index (κ1) is 74.0. The third-order valence-electron chi connectivity index (χ3n) is 14.5. The molecule has 0 spiro atoms. The highest BCUT2D eigenvalue weighted by molar-refractivity contribution is 7.45. The summed E-state index contributed by atoms with van der Waals surface area (Å²) in [5, 5.41) is 3.03. The highest BCUT2D eigenvalue weighted by atomic mass is 31.2. The predicted octanol–water partition coefficient (Wildman–Crippen LogP) is 19.4. The van der Waals surface area contributed by atoms with E-state index in [1.54, 1.807) is 0 Å². The Morgan fingerprint density at radius 2 is 0.803 bits per heavy atom. The van der Waals surface area contributed by atoms with Crippen LogP contribution in [0.1, 0.15) is 310 Å². The molecule has 0 aromatic rings. The second-order valence-electron chi connectivity index (χ2n) is 23.3. The van der Waals surface area contributed by atoms with Gasteiger partial charge in [-0.2, -0.15) is 0 Å². The van der Waals surface area contributed by atoms with E-state index in [0.717, 1.165) is 77.0 Å². The molecule has 0 radical (unpaired) electrons. The number of amides is 1. The lowest BCUT2D eigenvalue weighted by atomic mass is 10.0. The summed E-state index contributed by atoms with van der Waals surface area (Å²) < 4.78 is 30.3. The van der Waals surface area contributed by atoms with Crippen LogP contribution >= 0.6 is 7.82 Å². The minimum absolute atomic E-state index is 0.0249. The van der Waals surface area contributed by atoms with E-state index in [1.165, 1.54) is 193 Å². The summed E-state index contributed by atoms with van der Waals surface area (Å²) >= 11 is 0. The number of rotatable bonds is 59. The first-order valence-electron chi connectivity index (χ1n) is 32.4. The second kappa shape index (κ2) is 56.3. The van der Waals surface area contributed by atoms with Gasteiger partial charge in [0.05, 0.1) is 33.8 Å². The number of hydrogen-bond donors (Lipinski definition) is 1. The number of unbranched alkanes of at least 4 members (excludes halogenated alkanes) is 37. The van der Waals surface area contributed by atoms with Crippen LogP contribution < -0.4 is 10.2 Å². The van der Waals surface area contributed by atoms with E-state index in [4.69, 9.17) is 13.8 Å². The molecule has 0 heterocycles. The van der Waals surface area contributed by atoms with Gasteiger partial charge in [0.2, 0.25) is 5.91 Å². The Bertz CT molecular complexity index is 1440. The molecule has 10 heteroatoms. The van der Waals surface area contributed by atoms with Gasteiger partial charge in [-0.25, -0.2) is 0 Å². The van der Waals surface area contributed by atoms with E-state index >= 15 is 0 Å². The summed E-state index contributed by atoms with van der Waals surface area (Å²) in [5.41, 5.74) is 0. The minimum Gasteiger partial charge on any atom is -0.756 e. The number of phosphoric acid groups is 1. The quantitative estimate of drug-likeness (QED) is 0.0212. The fourth-order valence-corrected chi connectivity index (χ4v) is 10.2. The number of quaternary nitrogens is 1. The highest BCUT2D eigenvalue weighted by Gasteiger charge is 2.27. The molecule has 0 aliphatic carbocycles. The van der Waals surface area contributed by atoms with Gasteiger partial charge in [-0.15, -0.1) is 0 Å². The minimum atomic E-state index is -4.70. The summed E-state index contributed by atoms with van der Waals surface area (Å²) in [4.78, 5) is 40.0. The molecule has 0 aliphatic heterocycles. The molecule has 0 aliphatic rings. The summed E-state index contributed by atoms with van der Waals surface area (Å²) in [6, 6.07) is -0.895. The molecule has 76 heavy (non-hydrogen) atoms. The Kier molecular flexibility index (Phi) is 54.7. The zero-order valence-electron chi connectivity index (χ0n) is 51.0. The predicted molar refractivity (Wildman–Crippen MR) is 326 cm³/mol. The number of phosphoric ester groups is 1. The van der Waals surface area contributed by atoms with E-state index in [0.29, 0.717) is 23.9 Å². The lowest BCUT2D eigenvalue weighted by Crippen LogP contribution is -2.47. The maximum absolute atomic E-state index is 13.6. The van der Waals surface area contributed by atoms with Crippen LogP contribution in [0.25, 0.3) is 0 Å². The number of allylic oxidation sites excluding steroid dienone is 7. The zero-order chi connectivity index (χ0) is 55.7. The van der Waals surface area contributed by atoms with Crippen LogP contribution in [0.15, 0.2) is 48.6 Å². The number of hydrogen-bond acceptors (Lipinski definition) is 7. The van der Waals surface area contributed by atoms with Crippen molar-refractivity contribution in [3.63, 3.8) is 0 Å². The summed E-state index contributed by atoms with van der Waals surface area (Å²) in [6.45, 7) is 6.83. The molecule has 0 fully saturated rings. The third-order valence-corrected chi connectivity index (χ3v) is 15.5. The Hall–Kier alpha value is -2.03. The zero-order valence-corrected chi connectivity index (χ0v) is 51.9. The highest BCUT2D eigenvalue weighted by Crippen LogP contribution is 2.38. The van der Waals surface area contributed by atoms with Crippen molar-refractivity contribution in [2.45, 2.75) is 322 Å². The molecule has 0 aromatic carbocycles. The van der Waals surface area contributed by atoms with Gasteiger partial charge < -0.3 is 28.5 Å². The third kappa shape index (κ3) is 56.7. The van der Waals surface area contributed by atoms with E-state index in [1.807, 2.05) is 33.3 Å². The monoisotopic (exact) mass is 1090 g/mol. The average Bonchev–Trinajstić information content (AvgIpc) is 3.38. The molecule has 0 bridgehead atoms. The normalized spacial score (nSPS) is 13.9. The van der Waals surface area contributed by atoms with E-state index in [9.17, 15) is 19.0 Å². The Morgan fingerprint density at radius 3 is 1.22 bits per heavy atom. The molecule has 1 N–H and O–H groups in total. The summed E-state index contributed by atoms with van der Waals surface area (Å²) in [6.07, 6.45) is 69.4. The second-order valence-corrected chi connectivity index (χ2v) is 24.7. The van der Waals surface area contributed by atoms with E-state index in [-0.39, 0.29) is 24.9 Å². The van der Waals surface area contributed by atoms with Crippen LogP contribution in [0.4, 0.5) is 0 Å². The van der Waals surface area contributed by atoms with Gasteiger partial charge in [-0.1, -0.05) is 275 Å². The molecular weight excluding hydrogens is 964 g/mol. The molecule has 0 aromatic heterocycles. The lowest BCUT2D eigenvalue weighted by molar-refractivity contribution is -0.870. The van der Waals surface area contributed by atoms with Gasteiger partial charge in [0.1, 0.15) is 19.3 Å². The number of carbonyl (C=O) groups is 2.